The van der Waals surface area contributed by atoms with Crippen molar-refractivity contribution in [3.63, 3.8) is 0 Å². The minimum absolute atomic E-state index is 0.0341. The Balaban J connectivity index is 0.825. The van der Waals surface area contributed by atoms with Crippen LogP contribution in [-0.4, -0.2) is 104 Å². The molecule has 10 rings (SSSR count). The van der Waals surface area contributed by atoms with Gasteiger partial charge in [0.15, 0.2) is 23.0 Å². The predicted octanol–water partition coefficient (Wildman–Crippen LogP) is 6.04. The van der Waals surface area contributed by atoms with Crippen molar-refractivity contribution in [2.45, 2.75) is 89.8 Å². The number of carbonyl (C=O) groups excluding carboxylic acids is 8. The Morgan fingerprint density at radius 1 is 0.671 bits per heavy atom. The van der Waals surface area contributed by atoms with Crippen molar-refractivity contribution in [3.05, 3.63) is 137 Å². The van der Waals surface area contributed by atoms with E-state index in [2.05, 4.69) is 21.3 Å². The zero-order chi connectivity index (χ0) is 55.5. The van der Waals surface area contributed by atoms with E-state index in [1.807, 2.05) is 59.5 Å². The second kappa shape index (κ2) is 22.6. The predicted molar refractivity (Wildman–Crippen MR) is 289 cm³/mol. The van der Waals surface area contributed by atoms with Crippen molar-refractivity contribution in [3.8, 4) is 23.0 Å². The molecule has 0 bridgehead atoms. The summed E-state index contributed by atoms with van der Waals surface area (Å²) < 4.78 is 24.4. The van der Waals surface area contributed by atoms with E-state index in [9.17, 15) is 38.4 Å². The standard InChI is InChI=1S/C58H56N8O13/c1-32(61-51(67)15-9-10-16-54(70)79-66-52(68)17-18-53(66)69)55(71)62-33(2)56(72)63-38-20-34(30-77-49-26-43-41(24-47(49)75-3)57(73)64-39(28-59-43)22-36-11-5-7-13-45(36)64)19-35(21-38)31-78-50-27-44-42(25-48(50)76-4)58(74)65-40(29-60-44)23-37-12-6-8-14-46(37)65/h5-8,11-14,17-21,24-28,32-33,39-40,60H,9-10,15-16,22-23,29-31H2,1-4H3,(H,61,67)(H,62,71)(H,63,72)/t32-,33-,39-,40-/m0/s1. The summed E-state index contributed by atoms with van der Waals surface area (Å²) in [4.78, 5) is 116. The van der Waals surface area contributed by atoms with Gasteiger partial charge in [0.2, 0.25) is 17.7 Å². The van der Waals surface area contributed by atoms with E-state index < -0.39 is 47.6 Å². The highest BCUT2D eigenvalue weighted by molar-refractivity contribution is 6.15. The van der Waals surface area contributed by atoms with E-state index in [0.29, 0.717) is 86.8 Å². The van der Waals surface area contributed by atoms with E-state index in [0.717, 1.165) is 34.7 Å². The van der Waals surface area contributed by atoms with Gasteiger partial charge in [-0.1, -0.05) is 41.5 Å². The fourth-order valence-electron chi connectivity index (χ4n) is 10.1. The van der Waals surface area contributed by atoms with Crippen LogP contribution in [0.4, 0.5) is 28.4 Å². The van der Waals surface area contributed by atoms with Crippen molar-refractivity contribution in [1.29, 1.82) is 0 Å². The SMILES string of the molecule is COc1cc2c(cc1OCc1cc(COc3cc4c(cc3OC)C(=O)N3c5ccccc5C[C@H]3CN4)cc(NC(=O)[C@H](C)NC(=O)[C@H](C)NC(=O)CCCCC(=O)ON3C(=O)C=CC3=O)c1)N=C[C@@H]1Cc3ccccc3N1C2=O. The molecule has 0 fully saturated rings. The minimum atomic E-state index is -1.08. The fraction of sp³-hybridized carbons (Fsp3) is 0.293. The highest BCUT2D eigenvalue weighted by Gasteiger charge is 2.39. The molecule has 5 aromatic rings. The van der Waals surface area contributed by atoms with Gasteiger partial charge in [0.1, 0.15) is 25.3 Å². The number of fused-ring (bicyclic) bond motifs is 8. The number of nitrogens with one attached hydrogen (secondary N) is 4. The van der Waals surface area contributed by atoms with Crippen LogP contribution < -0.4 is 50.0 Å². The maximum Gasteiger partial charge on any atom is 0.333 e. The van der Waals surface area contributed by atoms with Crippen molar-refractivity contribution in [2.24, 2.45) is 4.99 Å². The molecule has 5 heterocycles. The van der Waals surface area contributed by atoms with Crippen molar-refractivity contribution >= 4 is 82.0 Å². The van der Waals surface area contributed by atoms with Gasteiger partial charge >= 0.3 is 5.97 Å². The molecule has 0 saturated heterocycles. The second-order valence-electron chi connectivity index (χ2n) is 19.6. The molecule has 5 aromatic carbocycles. The van der Waals surface area contributed by atoms with Gasteiger partial charge in [-0.25, -0.2) is 4.79 Å². The minimum Gasteiger partial charge on any atom is -0.493 e. The maximum atomic E-state index is 14.1. The van der Waals surface area contributed by atoms with E-state index in [-0.39, 0.29) is 62.8 Å². The van der Waals surface area contributed by atoms with E-state index in [4.69, 9.17) is 28.8 Å². The van der Waals surface area contributed by atoms with Gasteiger partial charge in [0.05, 0.1) is 48.8 Å². The van der Waals surface area contributed by atoms with Crippen LogP contribution in [0, 0.1) is 0 Å². The summed E-state index contributed by atoms with van der Waals surface area (Å²) in [6, 6.07) is 25.1. The molecule has 5 aliphatic rings. The van der Waals surface area contributed by atoms with Gasteiger partial charge in [-0.15, -0.1) is 0 Å². The molecule has 0 unspecified atom stereocenters. The highest BCUT2D eigenvalue weighted by Crippen LogP contribution is 2.43. The average molecular weight is 1070 g/mol. The quantitative estimate of drug-likeness (QED) is 0.0544. The number of anilines is 4. The molecule has 0 aromatic heterocycles. The summed E-state index contributed by atoms with van der Waals surface area (Å²) in [5, 5.41) is 11.9. The van der Waals surface area contributed by atoms with Crippen LogP contribution in [0.15, 0.2) is 108 Å². The molecule has 21 heteroatoms. The van der Waals surface area contributed by atoms with Crippen molar-refractivity contribution in [2.75, 3.05) is 41.2 Å². The van der Waals surface area contributed by atoms with E-state index in [1.165, 1.54) is 28.1 Å². The molecule has 4 N–H and O–H groups in total. The Morgan fingerprint density at radius 3 is 1.95 bits per heavy atom. The number of ether oxygens (including phenoxy) is 4. The van der Waals surface area contributed by atoms with Crippen LogP contribution in [-0.2, 0) is 59.7 Å². The lowest BCUT2D eigenvalue weighted by molar-refractivity contribution is -0.196. The molecular weight excluding hydrogens is 1020 g/mol. The summed E-state index contributed by atoms with van der Waals surface area (Å²) >= 11 is 0. The smallest absolute Gasteiger partial charge is 0.333 e. The van der Waals surface area contributed by atoms with Crippen LogP contribution in [0.3, 0.4) is 0 Å². The monoisotopic (exact) mass is 1070 g/mol. The highest BCUT2D eigenvalue weighted by atomic mass is 16.7. The zero-order valence-electron chi connectivity index (χ0n) is 43.7. The first kappa shape index (κ1) is 52.9. The third-order valence-electron chi connectivity index (χ3n) is 14.1. The number of methoxy groups -OCH3 is 2. The molecule has 21 nitrogen and oxygen atoms in total. The molecule has 406 valence electrons. The molecule has 0 radical (unpaired) electrons. The number of hydrogen-bond donors (Lipinski definition) is 4. The Labute approximate surface area is 453 Å². The van der Waals surface area contributed by atoms with Crippen LogP contribution in [0.25, 0.3) is 0 Å². The molecule has 7 amide bonds. The van der Waals surface area contributed by atoms with E-state index >= 15 is 0 Å². The summed E-state index contributed by atoms with van der Waals surface area (Å²) in [6.45, 7) is 3.38. The number of rotatable bonds is 19. The van der Waals surface area contributed by atoms with Gasteiger partial charge in [0, 0.05) is 73.4 Å². The van der Waals surface area contributed by atoms with Gasteiger partial charge in [-0.3, -0.25) is 43.5 Å². The number of hydrogen-bond acceptors (Lipinski definition) is 15. The maximum absolute atomic E-state index is 14.1. The second-order valence-corrected chi connectivity index (χ2v) is 19.6. The summed E-state index contributed by atoms with van der Waals surface area (Å²) in [7, 11) is 2.97. The number of nitrogens with zero attached hydrogens (tertiary/aromatic N) is 4. The van der Waals surface area contributed by atoms with Gasteiger partial charge in [0.25, 0.3) is 23.6 Å². The van der Waals surface area contributed by atoms with Gasteiger partial charge in [-0.2, -0.15) is 0 Å². The summed E-state index contributed by atoms with van der Waals surface area (Å²) in [5.74, 6) is -3.11. The largest absolute Gasteiger partial charge is 0.493 e. The summed E-state index contributed by atoms with van der Waals surface area (Å²) in [6.07, 6.45) is 5.34. The Bertz CT molecular complexity index is 3380. The number of benzene rings is 5. The van der Waals surface area contributed by atoms with Gasteiger partial charge in [-0.05, 0) is 97.8 Å². The van der Waals surface area contributed by atoms with Crippen molar-refractivity contribution in [1.82, 2.24) is 15.7 Å². The molecule has 0 saturated carbocycles. The zero-order valence-corrected chi connectivity index (χ0v) is 43.7. The number of unbranched alkanes of at least 4 members (excludes halogenated alkanes) is 1. The number of carbonyl (C=O) groups is 8. The van der Waals surface area contributed by atoms with Crippen LogP contribution in [0.2, 0.25) is 0 Å². The number of amides is 7. The topological polar surface area (TPSA) is 253 Å². The van der Waals surface area contributed by atoms with Crippen LogP contribution >= 0.6 is 0 Å². The fourth-order valence-corrected chi connectivity index (χ4v) is 10.1. The number of hydroxylamine groups is 2. The molecule has 0 spiro atoms. The third kappa shape index (κ3) is 11.2. The lowest BCUT2D eigenvalue weighted by Gasteiger charge is -2.22. The first-order valence-electron chi connectivity index (χ1n) is 25.8. The van der Waals surface area contributed by atoms with E-state index in [1.54, 1.807) is 47.5 Å². The van der Waals surface area contributed by atoms with Crippen LogP contribution in [0.5, 0.6) is 23.0 Å². The molecule has 79 heavy (non-hydrogen) atoms. The average Bonchev–Trinajstić information content (AvgIpc) is 4.29. The normalized spacial score (nSPS) is 17.1. The molecule has 0 aliphatic carbocycles. The Hall–Kier alpha value is -9.53. The lowest BCUT2D eigenvalue weighted by Crippen LogP contribution is -2.50. The molecule has 4 atom stereocenters. The van der Waals surface area contributed by atoms with Crippen LogP contribution in [0.1, 0.15) is 82.5 Å². The summed E-state index contributed by atoms with van der Waals surface area (Å²) in [5.41, 5.74) is 7.18. The Kier molecular flexibility index (Phi) is 15.1. The first-order valence-corrected chi connectivity index (χ1v) is 25.8. The number of imide groups is 1. The molecular formula is C58H56N8O13. The lowest BCUT2D eigenvalue weighted by atomic mass is 10.1. The first-order chi connectivity index (χ1) is 38.2. The number of para-hydroxylation sites is 2. The Morgan fingerprint density at radius 2 is 1.27 bits per heavy atom. The number of aliphatic imine (C=N–C) groups is 1. The van der Waals surface area contributed by atoms with Gasteiger partial charge < -0.3 is 50.0 Å². The van der Waals surface area contributed by atoms with Crippen molar-refractivity contribution < 1.29 is 62.1 Å². The third-order valence-corrected chi connectivity index (χ3v) is 14.1. The molecule has 5 aliphatic heterocycles.